The quantitative estimate of drug-likeness (QED) is 0.355. The van der Waals surface area contributed by atoms with Crippen LogP contribution in [0.5, 0.6) is 11.5 Å². The maximum Gasteiger partial charge on any atom is 0.320 e. The van der Waals surface area contributed by atoms with E-state index in [0.717, 1.165) is 22.3 Å². The van der Waals surface area contributed by atoms with E-state index in [-0.39, 0.29) is 16.2 Å². The molecule has 0 unspecified atom stereocenters. The number of nitrogens with one attached hydrogen (secondary N) is 1. The number of aliphatic carboxylic acids is 1. The van der Waals surface area contributed by atoms with E-state index in [1.807, 2.05) is 32.9 Å². The van der Waals surface area contributed by atoms with Gasteiger partial charge < -0.3 is 20.6 Å². The van der Waals surface area contributed by atoms with E-state index >= 15 is 0 Å². The van der Waals surface area contributed by atoms with E-state index in [2.05, 4.69) is 4.98 Å². The fraction of sp³-hybridized carbons (Fsp3) is 0.192. The number of nitrogens with two attached hydrogens (primary N) is 1. The van der Waals surface area contributed by atoms with Crippen LogP contribution in [0.15, 0.2) is 70.6 Å². The second kappa shape index (κ2) is 8.96. The van der Waals surface area contributed by atoms with Crippen LogP contribution in [0.3, 0.4) is 0 Å². The third-order valence-corrected chi connectivity index (χ3v) is 7.56. The molecule has 0 aliphatic carbocycles. The lowest BCUT2D eigenvalue weighted by molar-refractivity contribution is -0.138. The van der Waals surface area contributed by atoms with Crippen molar-refractivity contribution in [3.05, 3.63) is 83.0 Å². The predicted molar refractivity (Wildman–Crippen MR) is 130 cm³/mol. The number of ether oxygens (including phenoxy) is 1. The summed E-state index contributed by atoms with van der Waals surface area (Å²) in [5.41, 5.74) is 9.80. The van der Waals surface area contributed by atoms with Crippen LogP contribution in [0.1, 0.15) is 22.3 Å². The minimum atomic E-state index is -3.72. The third-order valence-electron chi connectivity index (χ3n) is 5.75. The highest BCUT2D eigenvalue weighted by Gasteiger charge is 2.22. The minimum Gasteiger partial charge on any atom is -0.480 e. The molecule has 1 aromatic heterocycles. The molecule has 176 valence electrons. The van der Waals surface area contributed by atoms with Crippen molar-refractivity contribution in [1.29, 1.82) is 0 Å². The summed E-state index contributed by atoms with van der Waals surface area (Å²) in [6, 6.07) is 14.8. The number of aromatic amines is 1. The van der Waals surface area contributed by atoms with Crippen molar-refractivity contribution in [1.82, 2.24) is 4.98 Å². The Morgan fingerprint density at radius 3 is 2.29 bits per heavy atom. The van der Waals surface area contributed by atoms with Gasteiger partial charge in [0.1, 0.15) is 17.5 Å². The number of aryl methyl sites for hydroxylation is 3. The zero-order chi connectivity index (χ0) is 24.6. The van der Waals surface area contributed by atoms with Crippen molar-refractivity contribution >= 4 is 26.7 Å². The van der Waals surface area contributed by atoms with Gasteiger partial charge in [-0.25, -0.2) is 8.42 Å². The van der Waals surface area contributed by atoms with Gasteiger partial charge in [-0.2, -0.15) is 0 Å². The van der Waals surface area contributed by atoms with Crippen molar-refractivity contribution in [2.24, 2.45) is 5.73 Å². The Hall–Kier alpha value is -3.62. The number of hydrogen-bond donors (Lipinski definition) is 3. The first-order chi connectivity index (χ1) is 16.1. The van der Waals surface area contributed by atoms with E-state index < -0.39 is 21.8 Å². The number of hydrogen-bond acceptors (Lipinski definition) is 5. The second-order valence-corrected chi connectivity index (χ2v) is 10.4. The third kappa shape index (κ3) is 4.55. The minimum absolute atomic E-state index is 0.184. The molecule has 3 aromatic carbocycles. The highest BCUT2D eigenvalue weighted by molar-refractivity contribution is 7.91. The molecule has 0 aliphatic heterocycles. The van der Waals surface area contributed by atoms with E-state index in [1.165, 1.54) is 6.20 Å². The van der Waals surface area contributed by atoms with Gasteiger partial charge in [0.15, 0.2) is 0 Å². The second-order valence-electron chi connectivity index (χ2n) is 8.49. The topological polar surface area (TPSA) is 122 Å². The fourth-order valence-electron chi connectivity index (χ4n) is 3.98. The van der Waals surface area contributed by atoms with Crippen molar-refractivity contribution < 1.29 is 23.1 Å². The monoisotopic (exact) mass is 478 g/mol. The Bertz CT molecular complexity index is 1460. The van der Waals surface area contributed by atoms with Crippen LogP contribution < -0.4 is 10.5 Å². The molecule has 4 aromatic rings. The van der Waals surface area contributed by atoms with Crippen LogP contribution in [0.2, 0.25) is 0 Å². The number of carboxylic acids is 1. The standard InChI is InChI=1S/C26H26N2O5S/c1-15-4-7-20(8-5-15)34(31,32)24-14-28-23-9-6-19(13-21(23)24)33-25-16(2)10-18(11-17(25)3)12-22(27)26(29)30/h4-11,13-14,22,28H,12,27H2,1-3H3,(H,29,30)/t22-/m0/s1. The first-order valence-electron chi connectivity index (χ1n) is 10.8. The summed E-state index contributed by atoms with van der Waals surface area (Å²) in [7, 11) is -3.72. The molecular weight excluding hydrogens is 452 g/mol. The number of rotatable bonds is 7. The Labute approximate surface area is 198 Å². The van der Waals surface area contributed by atoms with Crippen LogP contribution in [-0.2, 0) is 21.1 Å². The van der Waals surface area contributed by atoms with Gasteiger partial charge in [0.05, 0.1) is 9.79 Å². The maximum absolute atomic E-state index is 13.3. The first-order valence-corrected chi connectivity index (χ1v) is 12.2. The van der Waals surface area contributed by atoms with Crippen LogP contribution in [0.25, 0.3) is 10.9 Å². The lowest BCUT2D eigenvalue weighted by Crippen LogP contribution is -2.32. The molecule has 0 radical (unpaired) electrons. The Kier molecular flexibility index (Phi) is 6.20. The van der Waals surface area contributed by atoms with Gasteiger partial charge in [-0.15, -0.1) is 0 Å². The normalized spacial score (nSPS) is 12.6. The molecule has 1 atom stereocenters. The van der Waals surface area contributed by atoms with Gasteiger partial charge in [0, 0.05) is 17.1 Å². The summed E-state index contributed by atoms with van der Waals surface area (Å²) in [5, 5.41) is 9.61. The molecule has 0 aliphatic rings. The summed E-state index contributed by atoms with van der Waals surface area (Å²) < 4.78 is 32.7. The molecule has 0 fully saturated rings. The molecule has 4 rings (SSSR count). The van der Waals surface area contributed by atoms with Crippen LogP contribution in [0, 0.1) is 20.8 Å². The molecule has 7 nitrogen and oxygen atoms in total. The fourth-order valence-corrected chi connectivity index (χ4v) is 5.40. The van der Waals surface area contributed by atoms with Gasteiger partial charge in [-0.3, -0.25) is 4.79 Å². The smallest absolute Gasteiger partial charge is 0.320 e. The number of H-pyrrole nitrogens is 1. The average Bonchev–Trinajstić information content (AvgIpc) is 3.20. The SMILES string of the molecule is Cc1ccc(S(=O)(=O)c2c[nH]c3ccc(Oc4c(C)cc(C[C@H](N)C(=O)O)cc4C)cc23)cc1. The molecule has 0 bridgehead atoms. The molecule has 34 heavy (non-hydrogen) atoms. The molecular formula is C26H26N2O5S. The van der Waals surface area contributed by atoms with E-state index in [4.69, 9.17) is 15.6 Å². The lowest BCUT2D eigenvalue weighted by atomic mass is 10.0. The molecule has 4 N–H and O–H groups in total. The van der Waals surface area contributed by atoms with Crippen LogP contribution in [0.4, 0.5) is 0 Å². The molecule has 0 spiro atoms. The van der Waals surface area contributed by atoms with Crippen molar-refractivity contribution in [3.63, 3.8) is 0 Å². The van der Waals surface area contributed by atoms with Gasteiger partial charge in [0.2, 0.25) is 9.84 Å². The lowest BCUT2D eigenvalue weighted by Gasteiger charge is -2.15. The largest absolute Gasteiger partial charge is 0.480 e. The molecule has 0 amide bonds. The Morgan fingerprint density at radius 2 is 1.68 bits per heavy atom. The maximum atomic E-state index is 13.3. The molecule has 0 saturated heterocycles. The van der Waals surface area contributed by atoms with Crippen LogP contribution in [-0.4, -0.2) is 30.5 Å². The number of carboxylic acid groups (broad SMARTS) is 1. The number of aromatic nitrogens is 1. The number of carbonyl (C=O) groups is 1. The highest BCUT2D eigenvalue weighted by atomic mass is 32.2. The number of benzene rings is 3. The molecule has 8 heteroatoms. The first kappa shape index (κ1) is 23.5. The van der Waals surface area contributed by atoms with Crippen molar-refractivity contribution in [2.75, 3.05) is 0 Å². The Balaban J connectivity index is 1.68. The number of fused-ring (bicyclic) bond motifs is 1. The molecule has 0 saturated carbocycles. The summed E-state index contributed by atoms with van der Waals surface area (Å²) in [6.45, 7) is 5.66. The summed E-state index contributed by atoms with van der Waals surface area (Å²) in [6.07, 6.45) is 1.72. The van der Waals surface area contributed by atoms with E-state index in [0.29, 0.717) is 22.4 Å². The van der Waals surface area contributed by atoms with E-state index in [9.17, 15) is 13.2 Å². The predicted octanol–water partition coefficient (Wildman–Crippen LogP) is 4.67. The van der Waals surface area contributed by atoms with Gasteiger partial charge in [-0.05, 0) is 74.2 Å². The van der Waals surface area contributed by atoms with Gasteiger partial charge >= 0.3 is 5.97 Å². The van der Waals surface area contributed by atoms with Gasteiger partial charge in [-0.1, -0.05) is 29.8 Å². The van der Waals surface area contributed by atoms with Crippen molar-refractivity contribution in [2.45, 2.75) is 43.0 Å². The number of sulfone groups is 1. The average molecular weight is 479 g/mol. The zero-order valence-corrected chi connectivity index (χ0v) is 19.9. The van der Waals surface area contributed by atoms with Crippen LogP contribution >= 0.6 is 0 Å². The summed E-state index contributed by atoms with van der Waals surface area (Å²) >= 11 is 0. The highest BCUT2D eigenvalue weighted by Crippen LogP contribution is 2.35. The van der Waals surface area contributed by atoms with Gasteiger partial charge in [0.25, 0.3) is 0 Å². The Morgan fingerprint density at radius 1 is 1.03 bits per heavy atom. The molecule has 1 heterocycles. The summed E-state index contributed by atoms with van der Waals surface area (Å²) in [5.74, 6) is 0.0750. The zero-order valence-electron chi connectivity index (χ0n) is 19.1. The summed E-state index contributed by atoms with van der Waals surface area (Å²) in [4.78, 5) is 14.5. The van der Waals surface area contributed by atoms with Crippen molar-refractivity contribution in [3.8, 4) is 11.5 Å². The van der Waals surface area contributed by atoms with E-state index in [1.54, 1.807) is 42.5 Å².